The molecule has 0 spiro atoms. The molecule has 1 N–H and O–H groups in total. The van der Waals surface area contributed by atoms with Gasteiger partial charge in [0.2, 0.25) is 0 Å². The Morgan fingerprint density at radius 3 is 1.97 bits per heavy atom. The second kappa shape index (κ2) is 9.10. The molecule has 2 aliphatic heterocycles. The number of benzene rings is 1. The summed E-state index contributed by atoms with van der Waals surface area (Å²) in [4.78, 5) is 8.98. The molecule has 0 radical (unpaired) electrons. The molecule has 39 heavy (non-hydrogen) atoms. The Bertz CT molecular complexity index is 1930. The largest absolute Gasteiger partial charge is 0.355 e. The van der Waals surface area contributed by atoms with Gasteiger partial charge in [-0.3, -0.25) is 0 Å². The van der Waals surface area contributed by atoms with Gasteiger partial charge in [-0.05, 0) is 130 Å². The molecule has 0 saturated heterocycles. The van der Waals surface area contributed by atoms with Crippen molar-refractivity contribution in [3.8, 4) is 11.1 Å². The number of hydrogen-bond acceptors (Lipinski definition) is 1. The smallest absolute Gasteiger partial charge is 0.0693 e. The number of aliphatic imine (C=N–C) groups is 1. The topological polar surface area (TPSA) is 28.1 Å². The Labute approximate surface area is 230 Å². The molecule has 2 heteroatoms. The van der Waals surface area contributed by atoms with Gasteiger partial charge in [0.25, 0.3) is 0 Å². The predicted molar refractivity (Wildman–Crippen MR) is 166 cm³/mol. The summed E-state index contributed by atoms with van der Waals surface area (Å²) in [5.41, 5.74) is 17.4. The Kier molecular flexibility index (Phi) is 5.52. The van der Waals surface area contributed by atoms with Gasteiger partial charge in [-0.1, -0.05) is 68.4 Å². The van der Waals surface area contributed by atoms with E-state index in [1.165, 1.54) is 77.5 Å². The number of aromatic amines is 1. The highest BCUT2D eigenvalue weighted by molar-refractivity contribution is 6.23. The van der Waals surface area contributed by atoms with Crippen molar-refractivity contribution in [1.82, 2.24) is 4.98 Å². The molecule has 1 aromatic carbocycles. The van der Waals surface area contributed by atoms with E-state index >= 15 is 0 Å². The number of H-pyrrole nitrogens is 1. The van der Waals surface area contributed by atoms with Crippen molar-refractivity contribution in [2.45, 2.75) is 40.5 Å². The third-order valence-electron chi connectivity index (χ3n) is 8.56. The number of aromatic nitrogens is 1. The third-order valence-corrected chi connectivity index (χ3v) is 8.56. The van der Waals surface area contributed by atoms with E-state index in [1.54, 1.807) is 0 Å². The lowest BCUT2D eigenvalue weighted by Gasteiger charge is -2.04. The SMILES string of the molecule is CCC1=C(C)C2=CC3=CC(=Cc4cc(c5cccccc4-5)C=c4[nH]c(c(CC)c4C)=CC1=N2)c1ccccc13. The van der Waals surface area contributed by atoms with Gasteiger partial charge in [0.05, 0.1) is 11.4 Å². The minimum Gasteiger partial charge on any atom is -0.355 e. The molecule has 8 bridgehead atoms. The molecule has 7 rings (SSSR count). The highest BCUT2D eigenvalue weighted by atomic mass is 14.8. The molecule has 2 nitrogen and oxygen atoms in total. The summed E-state index contributed by atoms with van der Waals surface area (Å²) < 4.78 is 0. The van der Waals surface area contributed by atoms with Gasteiger partial charge in [-0.2, -0.15) is 0 Å². The first-order valence-corrected chi connectivity index (χ1v) is 14.0. The normalized spacial score (nSPS) is 15.8. The van der Waals surface area contributed by atoms with E-state index < -0.39 is 0 Å². The molecular formula is C37H32N2. The van der Waals surface area contributed by atoms with Crippen LogP contribution >= 0.6 is 0 Å². The lowest BCUT2D eigenvalue weighted by atomic mass is 9.99. The Morgan fingerprint density at radius 2 is 1.28 bits per heavy atom. The lowest BCUT2D eigenvalue weighted by Crippen LogP contribution is -2.14. The standard InChI is InChI=1S/C37H32N2/c1-5-28-22(3)34-19-26-17-24(30-12-8-7-9-13-32(26)30)16-25-18-27(33-15-11-10-14-31(25)33)20-35-23(4)29(6-2)37(39-35)21-36(28)38-34/h7-21,38H,5-6H2,1-4H3. The summed E-state index contributed by atoms with van der Waals surface area (Å²) in [6.45, 7) is 8.94. The third kappa shape index (κ3) is 3.74. The van der Waals surface area contributed by atoms with Crippen LogP contribution in [0.3, 0.4) is 0 Å². The van der Waals surface area contributed by atoms with Gasteiger partial charge < -0.3 is 4.98 Å². The molecule has 1 aromatic heterocycles. The van der Waals surface area contributed by atoms with Crippen LogP contribution in [-0.2, 0) is 6.42 Å². The summed E-state index contributed by atoms with van der Waals surface area (Å²) >= 11 is 0. The highest BCUT2D eigenvalue weighted by Gasteiger charge is 2.23. The molecule has 0 atom stereocenters. The molecule has 190 valence electrons. The molecule has 3 heterocycles. The summed E-state index contributed by atoms with van der Waals surface area (Å²) in [5.74, 6) is 0. The van der Waals surface area contributed by atoms with Crippen LogP contribution < -0.4 is 10.7 Å². The van der Waals surface area contributed by atoms with Crippen molar-refractivity contribution >= 4 is 35.1 Å². The average molecular weight is 505 g/mol. The summed E-state index contributed by atoms with van der Waals surface area (Å²) in [5, 5.41) is 2.34. The first-order chi connectivity index (χ1) is 19.1. The van der Waals surface area contributed by atoms with Crippen LogP contribution in [0.5, 0.6) is 0 Å². The maximum absolute atomic E-state index is 5.20. The van der Waals surface area contributed by atoms with Crippen molar-refractivity contribution in [2.24, 2.45) is 4.99 Å². The average Bonchev–Trinajstić information content (AvgIpc) is 3.56. The van der Waals surface area contributed by atoms with Crippen LogP contribution in [0.1, 0.15) is 60.6 Å². The minimum absolute atomic E-state index is 0.957. The van der Waals surface area contributed by atoms with E-state index in [4.69, 9.17) is 4.99 Å². The number of fused-ring (bicyclic) bond motifs is 12. The number of rotatable bonds is 2. The monoisotopic (exact) mass is 504 g/mol. The Morgan fingerprint density at radius 1 is 0.641 bits per heavy atom. The van der Waals surface area contributed by atoms with Crippen LogP contribution in [-0.4, -0.2) is 10.7 Å². The summed E-state index contributed by atoms with van der Waals surface area (Å²) in [7, 11) is 0. The zero-order valence-corrected chi connectivity index (χ0v) is 23.0. The molecule has 0 saturated carbocycles. The molecule has 2 aromatic rings. The first-order valence-electron chi connectivity index (χ1n) is 14.0. The summed E-state index contributed by atoms with van der Waals surface area (Å²) in [6, 6.07) is 22.0. The predicted octanol–water partition coefficient (Wildman–Crippen LogP) is 7.62. The molecule has 5 aliphatic rings. The van der Waals surface area contributed by atoms with Gasteiger partial charge in [0, 0.05) is 10.7 Å². The number of nitrogens with zero attached hydrogens (tertiary/aromatic N) is 1. The van der Waals surface area contributed by atoms with Crippen LogP contribution in [0.25, 0.3) is 40.5 Å². The number of nitrogens with one attached hydrogen (secondary N) is 1. The Hall–Kier alpha value is -4.43. The second-order valence-corrected chi connectivity index (χ2v) is 10.7. The highest BCUT2D eigenvalue weighted by Crippen LogP contribution is 2.41. The maximum atomic E-state index is 5.20. The van der Waals surface area contributed by atoms with Crippen molar-refractivity contribution in [1.29, 1.82) is 0 Å². The quantitative estimate of drug-likeness (QED) is 0.291. The van der Waals surface area contributed by atoms with Gasteiger partial charge in [0.15, 0.2) is 0 Å². The van der Waals surface area contributed by atoms with E-state index in [2.05, 4.69) is 124 Å². The second-order valence-electron chi connectivity index (χ2n) is 10.7. The van der Waals surface area contributed by atoms with Crippen LogP contribution in [0.2, 0.25) is 0 Å². The molecule has 0 unspecified atom stereocenters. The fourth-order valence-electron chi connectivity index (χ4n) is 6.50. The van der Waals surface area contributed by atoms with Crippen molar-refractivity contribution in [3.63, 3.8) is 0 Å². The summed E-state index contributed by atoms with van der Waals surface area (Å²) in [6.07, 6.45) is 13.5. The molecular weight excluding hydrogens is 472 g/mol. The van der Waals surface area contributed by atoms with Crippen LogP contribution in [0, 0.1) is 6.92 Å². The van der Waals surface area contributed by atoms with Crippen molar-refractivity contribution in [2.75, 3.05) is 0 Å². The number of allylic oxidation sites excluding steroid dienone is 6. The molecule has 3 aliphatic carbocycles. The van der Waals surface area contributed by atoms with E-state index in [9.17, 15) is 0 Å². The zero-order valence-electron chi connectivity index (χ0n) is 23.0. The number of hydrogen-bond donors (Lipinski definition) is 1. The molecule has 0 fully saturated rings. The van der Waals surface area contributed by atoms with E-state index in [-0.39, 0.29) is 0 Å². The van der Waals surface area contributed by atoms with E-state index in [1.807, 2.05) is 0 Å². The fraction of sp³-hybridized carbons (Fsp3) is 0.162. The lowest BCUT2D eigenvalue weighted by molar-refractivity contribution is 1.10. The van der Waals surface area contributed by atoms with E-state index in [0.29, 0.717) is 0 Å². The van der Waals surface area contributed by atoms with Crippen molar-refractivity contribution < 1.29 is 0 Å². The van der Waals surface area contributed by atoms with Crippen molar-refractivity contribution in [3.05, 3.63) is 134 Å². The fourth-order valence-corrected chi connectivity index (χ4v) is 6.50. The minimum atomic E-state index is 0.957. The molecule has 0 amide bonds. The zero-order chi connectivity index (χ0) is 26.7. The first kappa shape index (κ1) is 23.7. The van der Waals surface area contributed by atoms with Gasteiger partial charge in [0.1, 0.15) is 0 Å². The van der Waals surface area contributed by atoms with Crippen LogP contribution in [0.15, 0.2) is 94.7 Å². The maximum Gasteiger partial charge on any atom is 0.0693 e. The van der Waals surface area contributed by atoms with Gasteiger partial charge in [-0.15, -0.1) is 0 Å². The van der Waals surface area contributed by atoms with Gasteiger partial charge >= 0.3 is 0 Å². The van der Waals surface area contributed by atoms with Gasteiger partial charge in [-0.25, -0.2) is 4.99 Å². The van der Waals surface area contributed by atoms with Crippen LogP contribution in [0.4, 0.5) is 0 Å². The Balaban J connectivity index is 1.60. The van der Waals surface area contributed by atoms with E-state index in [0.717, 1.165) is 24.3 Å².